The number of aromatic nitrogens is 1. The Morgan fingerprint density at radius 1 is 1.10 bits per heavy atom. The molecule has 222 valence electrons. The average Bonchev–Trinajstić information content (AvgIpc) is 3.38. The molecule has 2 aromatic carbocycles. The highest BCUT2D eigenvalue weighted by atomic mass is 32.1. The first-order valence-electron chi connectivity index (χ1n) is 16.0. The second-order valence-corrected chi connectivity index (χ2v) is 13.4. The largest absolute Gasteiger partial charge is 0.332 e. The standard InChI is InChI=1S/C39H50N2S/c1-8-10-13-28(5)14-11-15-29(6)38-30(7)16-12-17-35(38)33-22-25-36-37(26-33)42-39(41-36)40-34-23-20-32(21-24-34)31(9-2)19-18-27(3)4/h11,14-15,17,20-27,31H,6,8-10,12-13,16,18-19H2,1-5,7H3,(H,40,41)/b15-11-,28-14-. The summed E-state index contributed by atoms with van der Waals surface area (Å²) in [5.74, 6) is 1.39. The highest BCUT2D eigenvalue weighted by Crippen LogP contribution is 2.39. The van der Waals surface area contributed by atoms with Crippen LogP contribution >= 0.6 is 11.3 Å². The van der Waals surface area contributed by atoms with E-state index in [1.54, 1.807) is 11.3 Å². The minimum Gasteiger partial charge on any atom is -0.332 e. The number of nitrogens with one attached hydrogen (secondary N) is 1. The molecule has 1 atom stereocenters. The van der Waals surface area contributed by atoms with Gasteiger partial charge in [0.25, 0.3) is 0 Å². The lowest BCUT2D eigenvalue weighted by atomic mass is 9.83. The third kappa shape index (κ3) is 8.44. The zero-order valence-corrected chi connectivity index (χ0v) is 27.5. The van der Waals surface area contributed by atoms with E-state index in [4.69, 9.17) is 4.98 Å². The third-order valence-corrected chi connectivity index (χ3v) is 9.34. The van der Waals surface area contributed by atoms with E-state index < -0.39 is 0 Å². The lowest BCUT2D eigenvalue weighted by molar-refractivity contribution is 0.492. The maximum Gasteiger partial charge on any atom is 0.188 e. The first kappa shape index (κ1) is 31.8. The fourth-order valence-corrected chi connectivity index (χ4v) is 6.72. The summed E-state index contributed by atoms with van der Waals surface area (Å²) in [6.07, 6.45) is 18.5. The zero-order chi connectivity index (χ0) is 30.1. The molecule has 1 unspecified atom stereocenters. The van der Waals surface area contributed by atoms with Crippen molar-refractivity contribution in [2.45, 2.75) is 98.8 Å². The monoisotopic (exact) mass is 578 g/mol. The van der Waals surface area contributed by atoms with Gasteiger partial charge >= 0.3 is 0 Å². The Morgan fingerprint density at radius 2 is 1.88 bits per heavy atom. The molecule has 4 rings (SSSR count). The molecule has 0 amide bonds. The molecule has 1 aliphatic carbocycles. The van der Waals surface area contributed by atoms with Crippen molar-refractivity contribution in [3.8, 4) is 0 Å². The second-order valence-electron chi connectivity index (χ2n) is 12.3. The van der Waals surface area contributed by atoms with E-state index in [-0.39, 0.29) is 0 Å². The molecule has 0 bridgehead atoms. The third-order valence-electron chi connectivity index (χ3n) is 8.41. The van der Waals surface area contributed by atoms with Crippen LogP contribution in [0.15, 0.2) is 95.6 Å². The number of allylic oxidation sites excluding steroid dienone is 9. The van der Waals surface area contributed by atoms with E-state index in [0.717, 1.165) is 47.1 Å². The van der Waals surface area contributed by atoms with Crippen LogP contribution in [-0.4, -0.2) is 4.98 Å². The number of rotatable bonds is 14. The Bertz CT molecular complexity index is 1480. The number of fused-ring (bicyclic) bond motifs is 1. The number of hydrogen-bond donors (Lipinski definition) is 1. The molecule has 0 saturated carbocycles. The maximum absolute atomic E-state index is 4.90. The van der Waals surface area contributed by atoms with E-state index in [1.807, 2.05) is 0 Å². The molecular weight excluding hydrogens is 529 g/mol. The summed E-state index contributed by atoms with van der Waals surface area (Å²) in [7, 11) is 0. The number of thiazole rings is 1. The Morgan fingerprint density at radius 3 is 2.60 bits per heavy atom. The van der Waals surface area contributed by atoms with E-state index in [9.17, 15) is 0 Å². The zero-order valence-electron chi connectivity index (χ0n) is 26.7. The molecule has 0 radical (unpaired) electrons. The lowest BCUT2D eigenvalue weighted by Gasteiger charge is -2.21. The number of nitrogens with zero attached hydrogens (tertiary/aromatic N) is 1. The smallest absolute Gasteiger partial charge is 0.188 e. The number of anilines is 2. The normalized spacial score (nSPS) is 15.1. The summed E-state index contributed by atoms with van der Waals surface area (Å²) < 4.78 is 1.20. The van der Waals surface area contributed by atoms with Gasteiger partial charge in [-0.25, -0.2) is 4.98 Å². The Hall–Kier alpha value is -3.17. The minimum atomic E-state index is 0.636. The van der Waals surface area contributed by atoms with Crippen LogP contribution in [0.1, 0.15) is 110 Å². The Balaban J connectivity index is 1.49. The molecular formula is C39H50N2S. The van der Waals surface area contributed by atoms with E-state index in [1.165, 1.54) is 70.2 Å². The first-order chi connectivity index (χ1) is 20.3. The molecule has 0 fully saturated rings. The summed E-state index contributed by atoms with van der Waals surface area (Å²) in [6.45, 7) is 18.1. The molecule has 0 saturated heterocycles. The van der Waals surface area contributed by atoms with Gasteiger partial charge in [-0.15, -0.1) is 0 Å². The molecule has 2 nitrogen and oxygen atoms in total. The number of hydrogen-bond acceptors (Lipinski definition) is 3. The predicted octanol–water partition coefficient (Wildman–Crippen LogP) is 12.7. The molecule has 42 heavy (non-hydrogen) atoms. The van der Waals surface area contributed by atoms with Crippen molar-refractivity contribution in [3.05, 3.63) is 107 Å². The van der Waals surface area contributed by atoms with Crippen LogP contribution in [-0.2, 0) is 0 Å². The van der Waals surface area contributed by atoms with Gasteiger partial charge in [-0.05, 0) is 116 Å². The molecule has 1 aliphatic rings. The highest BCUT2D eigenvalue weighted by molar-refractivity contribution is 7.22. The summed E-state index contributed by atoms with van der Waals surface area (Å²) in [6, 6.07) is 15.7. The van der Waals surface area contributed by atoms with Gasteiger partial charge in [-0.2, -0.15) is 0 Å². The van der Waals surface area contributed by atoms with Gasteiger partial charge in [0, 0.05) is 5.69 Å². The van der Waals surface area contributed by atoms with Gasteiger partial charge in [0.15, 0.2) is 5.13 Å². The summed E-state index contributed by atoms with van der Waals surface area (Å²) in [5.41, 5.74) is 11.3. The van der Waals surface area contributed by atoms with Crippen molar-refractivity contribution < 1.29 is 0 Å². The van der Waals surface area contributed by atoms with Crippen molar-refractivity contribution in [2.75, 3.05) is 5.32 Å². The van der Waals surface area contributed by atoms with Gasteiger partial charge in [0.1, 0.15) is 0 Å². The fourth-order valence-electron chi connectivity index (χ4n) is 5.80. The maximum atomic E-state index is 4.90. The minimum absolute atomic E-state index is 0.636. The molecule has 1 aromatic heterocycles. The van der Waals surface area contributed by atoms with Gasteiger partial charge in [0.2, 0.25) is 0 Å². The first-order valence-corrected chi connectivity index (χ1v) is 16.8. The quantitative estimate of drug-likeness (QED) is 0.192. The molecule has 0 aliphatic heterocycles. The van der Waals surface area contributed by atoms with Gasteiger partial charge < -0.3 is 5.32 Å². The molecule has 3 aromatic rings. The number of benzene rings is 2. The Labute approximate surface area is 259 Å². The second kappa shape index (κ2) is 15.3. The van der Waals surface area contributed by atoms with Crippen LogP contribution in [0, 0.1) is 5.92 Å². The molecule has 0 spiro atoms. The molecule has 1 heterocycles. The summed E-state index contributed by atoms with van der Waals surface area (Å²) in [4.78, 5) is 4.90. The highest BCUT2D eigenvalue weighted by Gasteiger charge is 2.18. The van der Waals surface area contributed by atoms with Crippen LogP contribution in [0.25, 0.3) is 15.8 Å². The van der Waals surface area contributed by atoms with Crippen molar-refractivity contribution in [2.24, 2.45) is 5.92 Å². The van der Waals surface area contributed by atoms with E-state index in [2.05, 4.69) is 120 Å². The van der Waals surface area contributed by atoms with Gasteiger partial charge in [0.05, 0.1) is 10.2 Å². The van der Waals surface area contributed by atoms with Crippen molar-refractivity contribution in [1.29, 1.82) is 0 Å². The molecule has 3 heteroatoms. The van der Waals surface area contributed by atoms with Crippen LogP contribution in [0.2, 0.25) is 0 Å². The van der Waals surface area contributed by atoms with Gasteiger partial charge in [-0.1, -0.05) is 112 Å². The predicted molar refractivity (Wildman–Crippen MR) is 188 cm³/mol. The van der Waals surface area contributed by atoms with Crippen LogP contribution in [0.3, 0.4) is 0 Å². The van der Waals surface area contributed by atoms with Crippen LogP contribution in [0.5, 0.6) is 0 Å². The van der Waals surface area contributed by atoms with Gasteiger partial charge in [-0.3, -0.25) is 0 Å². The van der Waals surface area contributed by atoms with E-state index >= 15 is 0 Å². The topological polar surface area (TPSA) is 24.9 Å². The van der Waals surface area contributed by atoms with Crippen LogP contribution < -0.4 is 5.32 Å². The summed E-state index contributed by atoms with van der Waals surface area (Å²) >= 11 is 1.72. The Kier molecular flexibility index (Phi) is 11.6. The van der Waals surface area contributed by atoms with Crippen molar-refractivity contribution in [3.63, 3.8) is 0 Å². The number of unbranched alkanes of at least 4 members (excludes halogenated alkanes) is 1. The fraction of sp³-hybridized carbons (Fsp3) is 0.410. The van der Waals surface area contributed by atoms with Crippen LogP contribution in [0.4, 0.5) is 10.8 Å². The lowest BCUT2D eigenvalue weighted by Crippen LogP contribution is -2.01. The van der Waals surface area contributed by atoms with E-state index in [0.29, 0.717) is 5.92 Å². The SMILES string of the molecule is C=C(/C=C\C=C(\C)CCCC)C1=C(C)CCC=C1c1ccc2nc(Nc3ccc(C(CC)CCC(C)C)cc3)sc2c1. The van der Waals surface area contributed by atoms with Crippen molar-refractivity contribution in [1.82, 2.24) is 4.98 Å². The summed E-state index contributed by atoms with van der Waals surface area (Å²) in [5, 5.41) is 4.49. The van der Waals surface area contributed by atoms with Crippen molar-refractivity contribution >= 4 is 37.9 Å². The molecule has 1 N–H and O–H groups in total. The average molecular weight is 579 g/mol.